The molecule has 2 aromatic rings. The fraction of sp³-hybridized carbons (Fsp3) is 0.381. The first kappa shape index (κ1) is 16.2. The van der Waals surface area contributed by atoms with Crippen LogP contribution in [0.4, 0.5) is 4.79 Å². The fourth-order valence-electron chi connectivity index (χ4n) is 4.02. The molecule has 2 fully saturated rings. The van der Waals surface area contributed by atoms with E-state index >= 15 is 0 Å². The van der Waals surface area contributed by atoms with Gasteiger partial charge in [0.25, 0.3) is 0 Å². The van der Waals surface area contributed by atoms with Crippen molar-refractivity contribution in [1.82, 2.24) is 9.80 Å². The summed E-state index contributed by atoms with van der Waals surface area (Å²) < 4.78 is 5.69. The van der Waals surface area contributed by atoms with Crippen LogP contribution in [0.2, 0.25) is 0 Å². The predicted octanol–water partition coefficient (Wildman–Crippen LogP) is 3.77. The third kappa shape index (κ3) is 3.40. The topological polar surface area (TPSA) is 32.8 Å². The monoisotopic (exact) mass is 336 g/mol. The number of benzene rings is 2. The van der Waals surface area contributed by atoms with Crippen molar-refractivity contribution in [2.45, 2.75) is 25.0 Å². The van der Waals surface area contributed by atoms with Crippen LogP contribution in [0, 0.1) is 0 Å². The Morgan fingerprint density at radius 2 is 1.72 bits per heavy atom. The standard InChI is InChI=1S/C21H24N2O2/c1-22-15-21(25-20(22)24)12-5-13-23(16-21)14-17-8-10-19(11-9-17)18-6-3-2-4-7-18/h2-4,6-11H,5,12-16H2,1H3/t21-/m1/s1. The normalized spacial score (nSPS) is 23.9. The van der Waals surface area contributed by atoms with Gasteiger partial charge in [0.1, 0.15) is 5.60 Å². The summed E-state index contributed by atoms with van der Waals surface area (Å²) in [6.07, 6.45) is 1.85. The van der Waals surface area contributed by atoms with Gasteiger partial charge in [-0.2, -0.15) is 0 Å². The molecule has 0 radical (unpaired) electrons. The van der Waals surface area contributed by atoms with Crippen molar-refractivity contribution in [3.05, 3.63) is 60.2 Å². The van der Waals surface area contributed by atoms with E-state index in [1.165, 1.54) is 16.7 Å². The number of likely N-dealkylation sites (tertiary alicyclic amines) is 1. The molecule has 25 heavy (non-hydrogen) atoms. The maximum atomic E-state index is 11.8. The van der Waals surface area contributed by atoms with Gasteiger partial charge in [-0.25, -0.2) is 4.79 Å². The molecule has 0 aromatic heterocycles. The minimum absolute atomic E-state index is 0.186. The third-order valence-corrected chi connectivity index (χ3v) is 5.23. The Kier molecular flexibility index (Phi) is 4.22. The molecule has 0 bridgehead atoms. The lowest BCUT2D eigenvalue weighted by atomic mass is 9.92. The molecule has 2 saturated heterocycles. The van der Waals surface area contributed by atoms with E-state index in [1.54, 1.807) is 4.90 Å². The van der Waals surface area contributed by atoms with Gasteiger partial charge >= 0.3 is 6.09 Å². The van der Waals surface area contributed by atoms with Crippen LogP contribution >= 0.6 is 0 Å². The minimum Gasteiger partial charge on any atom is -0.440 e. The van der Waals surface area contributed by atoms with Crippen molar-refractivity contribution in [2.24, 2.45) is 0 Å². The number of piperidine rings is 1. The first-order valence-corrected chi connectivity index (χ1v) is 8.94. The average Bonchev–Trinajstić information content (AvgIpc) is 2.89. The summed E-state index contributed by atoms with van der Waals surface area (Å²) in [6, 6.07) is 19.2. The highest BCUT2D eigenvalue weighted by molar-refractivity contribution is 5.70. The maximum absolute atomic E-state index is 11.8. The number of hydrogen-bond acceptors (Lipinski definition) is 3. The summed E-state index contributed by atoms with van der Waals surface area (Å²) in [6.45, 7) is 3.49. The Bertz CT molecular complexity index is 744. The number of nitrogens with zero attached hydrogens (tertiary/aromatic N) is 2. The van der Waals surface area contributed by atoms with E-state index in [-0.39, 0.29) is 11.7 Å². The Morgan fingerprint density at radius 3 is 2.40 bits per heavy atom. The zero-order valence-electron chi connectivity index (χ0n) is 14.6. The number of ether oxygens (including phenoxy) is 1. The Hall–Kier alpha value is -2.33. The molecule has 2 aliphatic heterocycles. The van der Waals surface area contributed by atoms with Crippen LogP contribution in [0.5, 0.6) is 0 Å². The van der Waals surface area contributed by atoms with E-state index in [2.05, 4.69) is 53.4 Å². The summed E-state index contributed by atoms with van der Waals surface area (Å²) in [5.74, 6) is 0. The fourth-order valence-corrected chi connectivity index (χ4v) is 4.02. The largest absolute Gasteiger partial charge is 0.440 e. The number of rotatable bonds is 3. The molecule has 4 rings (SSSR count). The molecular weight excluding hydrogens is 312 g/mol. The van der Waals surface area contributed by atoms with Crippen LogP contribution in [0.15, 0.2) is 54.6 Å². The highest BCUT2D eigenvalue weighted by atomic mass is 16.6. The maximum Gasteiger partial charge on any atom is 0.410 e. The van der Waals surface area contributed by atoms with Gasteiger partial charge in [0.2, 0.25) is 0 Å². The van der Waals surface area contributed by atoms with Crippen LogP contribution in [-0.2, 0) is 11.3 Å². The third-order valence-electron chi connectivity index (χ3n) is 5.23. The molecule has 130 valence electrons. The van der Waals surface area contributed by atoms with E-state index in [0.29, 0.717) is 6.54 Å². The van der Waals surface area contributed by atoms with Crippen LogP contribution in [0.1, 0.15) is 18.4 Å². The van der Waals surface area contributed by atoms with Gasteiger partial charge < -0.3 is 9.64 Å². The molecule has 1 atom stereocenters. The smallest absolute Gasteiger partial charge is 0.410 e. The lowest BCUT2D eigenvalue weighted by molar-refractivity contribution is -0.0113. The van der Waals surface area contributed by atoms with Gasteiger partial charge in [-0.1, -0.05) is 54.6 Å². The van der Waals surface area contributed by atoms with Crippen LogP contribution < -0.4 is 0 Å². The molecule has 1 amide bonds. The van der Waals surface area contributed by atoms with E-state index in [4.69, 9.17) is 4.74 Å². The summed E-state index contributed by atoms with van der Waals surface area (Å²) >= 11 is 0. The SMILES string of the molecule is CN1C[C@@]2(CCCN(Cc3ccc(-c4ccccc4)cc3)C2)OC1=O. The van der Waals surface area contributed by atoms with Crippen LogP contribution in [-0.4, -0.2) is 48.2 Å². The second-order valence-corrected chi connectivity index (χ2v) is 7.28. The van der Waals surface area contributed by atoms with Crippen molar-refractivity contribution < 1.29 is 9.53 Å². The molecule has 2 heterocycles. The van der Waals surface area contributed by atoms with Crippen molar-refractivity contribution in [2.75, 3.05) is 26.7 Å². The number of amides is 1. The van der Waals surface area contributed by atoms with E-state index in [9.17, 15) is 4.79 Å². The predicted molar refractivity (Wildman–Crippen MR) is 98.2 cm³/mol. The molecule has 4 heteroatoms. The van der Waals surface area contributed by atoms with E-state index in [1.807, 2.05) is 13.1 Å². The number of likely N-dealkylation sites (N-methyl/N-ethyl adjacent to an activating group) is 1. The van der Waals surface area contributed by atoms with Gasteiger partial charge in [0, 0.05) is 20.1 Å². The zero-order valence-corrected chi connectivity index (χ0v) is 14.6. The van der Waals surface area contributed by atoms with Crippen molar-refractivity contribution in [3.63, 3.8) is 0 Å². The molecule has 1 spiro atoms. The molecule has 2 aromatic carbocycles. The van der Waals surface area contributed by atoms with E-state index in [0.717, 1.165) is 32.5 Å². The minimum atomic E-state index is -0.311. The Morgan fingerprint density at radius 1 is 1.00 bits per heavy atom. The van der Waals surface area contributed by atoms with Crippen molar-refractivity contribution in [1.29, 1.82) is 0 Å². The number of hydrogen-bond donors (Lipinski definition) is 0. The van der Waals surface area contributed by atoms with Crippen LogP contribution in [0.25, 0.3) is 11.1 Å². The zero-order chi connectivity index (χ0) is 17.3. The van der Waals surface area contributed by atoms with Crippen LogP contribution in [0.3, 0.4) is 0 Å². The highest BCUT2D eigenvalue weighted by Crippen LogP contribution is 2.32. The van der Waals surface area contributed by atoms with Crippen molar-refractivity contribution in [3.8, 4) is 11.1 Å². The highest BCUT2D eigenvalue weighted by Gasteiger charge is 2.46. The molecular formula is C21H24N2O2. The summed E-state index contributed by atoms with van der Waals surface area (Å²) in [4.78, 5) is 15.9. The first-order valence-electron chi connectivity index (χ1n) is 8.94. The van der Waals surface area contributed by atoms with Gasteiger partial charge in [0.05, 0.1) is 6.54 Å². The number of carbonyl (C=O) groups is 1. The van der Waals surface area contributed by atoms with Gasteiger partial charge in [-0.05, 0) is 36.1 Å². The molecule has 0 saturated carbocycles. The lowest BCUT2D eigenvalue weighted by Gasteiger charge is -2.38. The number of carbonyl (C=O) groups excluding carboxylic acids is 1. The summed E-state index contributed by atoms with van der Waals surface area (Å²) in [5.41, 5.74) is 3.47. The van der Waals surface area contributed by atoms with E-state index < -0.39 is 0 Å². The second-order valence-electron chi connectivity index (χ2n) is 7.28. The van der Waals surface area contributed by atoms with Gasteiger partial charge in [-0.3, -0.25) is 4.90 Å². The molecule has 0 aliphatic carbocycles. The van der Waals surface area contributed by atoms with Crippen molar-refractivity contribution >= 4 is 6.09 Å². The second kappa shape index (κ2) is 6.52. The molecule has 0 N–H and O–H groups in total. The lowest BCUT2D eigenvalue weighted by Crippen LogP contribution is -2.50. The van der Waals surface area contributed by atoms with Gasteiger partial charge in [0.15, 0.2) is 0 Å². The molecule has 0 unspecified atom stereocenters. The average molecular weight is 336 g/mol. The Balaban J connectivity index is 1.43. The molecule has 2 aliphatic rings. The summed E-state index contributed by atoms with van der Waals surface area (Å²) in [7, 11) is 1.82. The quantitative estimate of drug-likeness (QED) is 0.855. The first-order chi connectivity index (χ1) is 12.1. The molecule has 4 nitrogen and oxygen atoms in total. The summed E-state index contributed by atoms with van der Waals surface area (Å²) in [5, 5.41) is 0. The Labute approximate surface area is 149 Å². The van der Waals surface area contributed by atoms with Gasteiger partial charge in [-0.15, -0.1) is 0 Å².